The Kier molecular flexibility index (Phi) is 8.18. The molecule has 3 aromatic heterocycles. The Labute approximate surface area is 363 Å². The van der Waals surface area contributed by atoms with Gasteiger partial charge < -0.3 is 13.7 Å². The van der Waals surface area contributed by atoms with Crippen molar-refractivity contribution in [2.75, 3.05) is 0 Å². The van der Waals surface area contributed by atoms with Gasteiger partial charge in [-0.2, -0.15) is 0 Å². The molecule has 0 fully saturated rings. The number of hydrogen-bond donors (Lipinski definition) is 0. The van der Waals surface area contributed by atoms with Crippen molar-refractivity contribution in [3.63, 3.8) is 0 Å². The zero-order chi connectivity index (χ0) is 42.2. The number of aromatic nitrogens is 4. The van der Waals surface area contributed by atoms with E-state index in [0.29, 0.717) is 29.0 Å². The number of hydrogen-bond acceptors (Lipinski definition) is 5. The molecule has 6 nitrogen and oxygen atoms in total. The molecule has 298 valence electrons. The minimum atomic E-state index is -1.02. The van der Waals surface area contributed by atoms with E-state index in [-0.39, 0.29) is 0 Å². The van der Waals surface area contributed by atoms with E-state index in [1.165, 1.54) is 5.39 Å². The molecular weight excluding hydrogens is 773 g/mol. The van der Waals surface area contributed by atoms with Crippen LogP contribution in [0, 0.1) is 0 Å². The summed E-state index contributed by atoms with van der Waals surface area (Å²) in [6, 6.07) is 59.1. The molecule has 1 aliphatic heterocycles. The van der Waals surface area contributed by atoms with Gasteiger partial charge in [0.05, 0.1) is 16.6 Å². The van der Waals surface area contributed by atoms with Gasteiger partial charge in [-0.3, -0.25) is 0 Å². The summed E-state index contributed by atoms with van der Waals surface area (Å²) in [6.45, 7) is 11.0. The topological polar surface area (TPSA) is 66.0 Å². The summed E-state index contributed by atoms with van der Waals surface area (Å²) in [4.78, 5) is 16.1. The molecule has 0 amide bonds. The van der Waals surface area contributed by atoms with E-state index in [1.807, 2.05) is 78.9 Å². The van der Waals surface area contributed by atoms with Crippen molar-refractivity contribution in [1.82, 2.24) is 19.5 Å². The molecule has 0 N–H and O–H groups in total. The maximum atomic E-state index is 6.36. The van der Waals surface area contributed by atoms with Gasteiger partial charge in [-0.15, -0.1) is 0 Å². The molecule has 0 saturated carbocycles. The number of ether oxygens (including phenoxy) is 1. The second-order valence-electron chi connectivity index (χ2n) is 16.3. The van der Waals surface area contributed by atoms with Crippen LogP contribution in [-0.4, -0.2) is 19.5 Å². The highest BCUT2D eigenvalue weighted by atomic mass is 16.5. The molecule has 0 radical (unpaired) electrons. The van der Waals surface area contributed by atoms with Crippen LogP contribution in [0.25, 0.3) is 99.4 Å². The fourth-order valence-corrected chi connectivity index (χ4v) is 9.62. The zero-order valence-electron chi connectivity index (χ0n) is 34.4. The first-order valence-electron chi connectivity index (χ1n) is 21.1. The number of fused-ring (bicyclic) bond motifs is 10. The molecule has 1 atom stereocenters. The van der Waals surface area contributed by atoms with Crippen LogP contribution in [0.4, 0.5) is 0 Å². The van der Waals surface area contributed by atoms with Gasteiger partial charge in [0.25, 0.3) is 0 Å². The van der Waals surface area contributed by atoms with Crippen molar-refractivity contribution in [3.8, 4) is 22.8 Å². The summed E-state index contributed by atoms with van der Waals surface area (Å²) in [7, 11) is 0. The average Bonchev–Trinajstić information content (AvgIpc) is 3.87. The lowest BCUT2D eigenvalue weighted by molar-refractivity contribution is 0.401. The van der Waals surface area contributed by atoms with Gasteiger partial charge in [0.15, 0.2) is 17.5 Å². The molecule has 0 aliphatic carbocycles. The lowest BCUT2D eigenvalue weighted by Gasteiger charge is -2.38. The highest BCUT2D eigenvalue weighted by Gasteiger charge is 2.41. The third-order valence-electron chi connectivity index (χ3n) is 12.6. The first-order chi connectivity index (χ1) is 30.9. The average molecular weight is 811 g/mol. The summed E-state index contributed by atoms with van der Waals surface area (Å²) < 4.78 is 15.1. The number of allylic oxidation sites excluding steroid dienone is 4. The molecule has 0 saturated heterocycles. The van der Waals surface area contributed by atoms with Gasteiger partial charge in [0.2, 0.25) is 0 Å². The number of para-hydroxylation sites is 1. The molecule has 0 spiro atoms. The maximum absolute atomic E-state index is 6.36. The van der Waals surface area contributed by atoms with Gasteiger partial charge in [-0.25, -0.2) is 15.0 Å². The van der Waals surface area contributed by atoms with E-state index >= 15 is 0 Å². The van der Waals surface area contributed by atoms with E-state index < -0.39 is 5.54 Å². The Bertz CT molecular complexity index is 3780. The van der Waals surface area contributed by atoms with E-state index in [1.54, 1.807) is 0 Å². The second-order valence-corrected chi connectivity index (χ2v) is 16.3. The number of benzene rings is 8. The predicted molar refractivity (Wildman–Crippen MR) is 258 cm³/mol. The van der Waals surface area contributed by atoms with Crippen molar-refractivity contribution in [1.29, 1.82) is 0 Å². The first kappa shape index (κ1) is 36.5. The van der Waals surface area contributed by atoms with Gasteiger partial charge >= 0.3 is 0 Å². The summed E-state index contributed by atoms with van der Waals surface area (Å²) in [5, 5.41) is 8.89. The molecule has 12 rings (SSSR count). The van der Waals surface area contributed by atoms with E-state index in [0.717, 1.165) is 87.7 Å². The van der Waals surface area contributed by atoms with Crippen molar-refractivity contribution < 1.29 is 9.15 Å². The monoisotopic (exact) mass is 810 g/mol. The van der Waals surface area contributed by atoms with E-state index in [2.05, 4.69) is 134 Å². The number of furan rings is 1. The number of rotatable bonds is 4. The standard InChI is InChI=1S/C57H38N4O2/c1-35-16-15-26-49(56-59-54(38-18-5-4-6-19-38)58-55(60-56)41-29-31-52-47(33-41)44-24-12-14-27-51(44)63-52)57(3,48-25-13-11-22-42(48)36(2)62-35)61-50-34-40-21-8-7-20-39(40)32-46(50)45-30-28-37-17-9-10-23-43(37)53(45)61/h4-34H,1-2H2,3H3/b16-15-,49-26-. The van der Waals surface area contributed by atoms with Crippen LogP contribution in [0.1, 0.15) is 23.9 Å². The molecule has 0 bridgehead atoms. The van der Waals surface area contributed by atoms with Crippen LogP contribution in [0.3, 0.4) is 0 Å². The number of nitrogens with zero attached hydrogens (tertiary/aromatic N) is 4. The van der Waals surface area contributed by atoms with E-state index in [9.17, 15) is 0 Å². The van der Waals surface area contributed by atoms with Crippen LogP contribution < -0.4 is 0 Å². The minimum absolute atomic E-state index is 0.463. The first-order valence-corrected chi connectivity index (χ1v) is 21.1. The Morgan fingerprint density at radius 3 is 2.03 bits per heavy atom. The van der Waals surface area contributed by atoms with Crippen LogP contribution in [0.5, 0.6) is 0 Å². The summed E-state index contributed by atoms with van der Waals surface area (Å²) in [6.07, 6.45) is 5.96. The third-order valence-corrected chi connectivity index (χ3v) is 12.6. The second kappa shape index (κ2) is 14.1. The zero-order valence-corrected chi connectivity index (χ0v) is 34.4. The molecular formula is C57H38N4O2. The van der Waals surface area contributed by atoms with Crippen molar-refractivity contribution in [2.45, 2.75) is 12.5 Å². The molecule has 11 aromatic rings. The highest BCUT2D eigenvalue weighted by Crippen LogP contribution is 2.49. The van der Waals surface area contributed by atoms with Crippen LogP contribution >= 0.6 is 0 Å². The van der Waals surface area contributed by atoms with Gasteiger partial charge in [-0.1, -0.05) is 159 Å². The van der Waals surface area contributed by atoms with E-state index in [4.69, 9.17) is 24.1 Å². The van der Waals surface area contributed by atoms with Gasteiger partial charge in [0.1, 0.15) is 22.7 Å². The molecule has 8 aromatic carbocycles. The summed E-state index contributed by atoms with van der Waals surface area (Å²) >= 11 is 0. The van der Waals surface area contributed by atoms with Crippen molar-refractivity contribution >= 4 is 76.6 Å². The van der Waals surface area contributed by atoms with Crippen molar-refractivity contribution in [3.05, 3.63) is 224 Å². The fourth-order valence-electron chi connectivity index (χ4n) is 9.62. The fraction of sp³-hybridized carbons (Fsp3) is 0.0351. The Balaban J connectivity index is 1.24. The quantitative estimate of drug-likeness (QED) is 0.177. The molecule has 4 heterocycles. The summed E-state index contributed by atoms with van der Waals surface area (Å²) in [5.74, 6) is 2.57. The van der Waals surface area contributed by atoms with Crippen LogP contribution in [-0.2, 0) is 10.3 Å². The van der Waals surface area contributed by atoms with Gasteiger partial charge in [-0.05, 0) is 71.1 Å². The lowest BCUT2D eigenvalue weighted by Crippen LogP contribution is -2.35. The highest BCUT2D eigenvalue weighted by molar-refractivity contribution is 6.20. The van der Waals surface area contributed by atoms with Crippen molar-refractivity contribution in [2.24, 2.45) is 0 Å². The SMILES string of the molecule is C=C1/C=C\C=C(\c2nc(-c3ccccc3)nc(-c3ccc4oc5ccccc5c4c3)n2)C(C)(n2c3cc4ccccc4cc3c3ccc4ccccc4c32)c2ccccc2C(=C)O1. The molecule has 63 heavy (non-hydrogen) atoms. The predicted octanol–water partition coefficient (Wildman–Crippen LogP) is 14.4. The summed E-state index contributed by atoms with van der Waals surface area (Å²) in [5.41, 5.74) is 7.13. The Hall–Kier alpha value is -8.35. The lowest BCUT2D eigenvalue weighted by atomic mass is 9.79. The van der Waals surface area contributed by atoms with Crippen LogP contribution in [0.2, 0.25) is 0 Å². The maximum Gasteiger partial charge on any atom is 0.164 e. The molecule has 1 aliphatic rings. The largest absolute Gasteiger partial charge is 0.458 e. The molecule has 1 unspecified atom stereocenters. The normalized spacial score (nSPS) is 17.0. The van der Waals surface area contributed by atoms with Gasteiger partial charge in [0, 0.05) is 49.2 Å². The smallest absolute Gasteiger partial charge is 0.164 e. The minimum Gasteiger partial charge on any atom is -0.458 e. The third kappa shape index (κ3) is 5.76. The Morgan fingerprint density at radius 1 is 0.524 bits per heavy atom. The molecule has 6 heteroatoms. The van der Waals surface area contributed by atoms with Crippen LogP contribution in [0.15, 0.2) is 211 Å². The Morgan fingerprint density at radius 2 is 1.19 bits per heavy atom.